The molecule has 9 rings (SSSR count). The number of rotatable bonds is 9. The monoisotopic (exact) mass is 860 g/mol. The minimum atomic E-state index is -0.137. The van der Waals surface area contributed by atoms with E-state index in [1.807, 2.05) is 34.2 Å². The molecule has 5 heterocycles. The smallest absolute Gasteiger partial charge is 0.318 e. The number of benzene rings is 2. The molecule has 3 saturated heterocycles. The number of amides is 4. The van der Waals surface area contributed by atoms with Gasteiger partial charge in [0.15, 0.2) is 0 Å². The number of carbonyl (C=O) groups is 2. The number of halogens is 1. The van der Waals surface area contributed by atoms with Gasteiger partial charge in [0.2, 0.25) is 0 Å². The number of likely N-dealkylation sites (N-methyl/N-ethyl adjacent to an activating group) is 1. The molecule has 2 aliphatic carbocycles. The molecule has 13 heteroatoms. The predicted molar refractivity (Wildman–Crippen MR) is 247 cm³/mol. The molecule has 2 N–H and O–H groups in total. The summed E-state index contributed by atoms with van der Waals surface area (Å²) in [5.41, 5.74) is 4.71. The maximum absolute atomic E-state index is 13.0. The number of urea groups is 2. The van der Waals surface area contributed by atoms with Gasteiger partial charge in [-0.05, 0) is 133 Å². The fourth-order valence-electron chi connectivity index (χ4n) is 10.9. The van der Waals surface area contributed by atoms with Crippen molar-refractivity contribution in [3.63, 3.8) is 0 Å². The van der Waals surface area contributed by atoms with Crippen LogP contribution in [-0.4, -0.2) is 132 Å². The molecule has 2 aromatic carbocycles. The van der Waals surface area contributed by atoms with E-state index in [1.54, 1.807) is 6.20 Å². The van der Waals surface area contributed by atoms with E-state index < -0.39 is 0 Å². The summed E-state index contributed by atoms with van der Waals surface area (Å²) in [5.74, 6) is 1.02. The molecule has 62 heavy (non-hydrogen) atoms. The lowest BCUT2D eigenvalue weighted by Crippen LogP contribution is -2.54. The number of pyridine rings is 2. The van der Waals surface area contributed by atoms with Crippen LogP contribution in [0.2, 0.25) is 5.15 Å². The highest BCUT2D eigenvalue weighted by Gasteiger charge is 2.51. The quantitative estimate of drug-likeness (QED) is 0.171. The Balaban J connectivity index is 0.000000174. The van der Waals surface area contributed by atoms with E-state index in [0.29, 0.717) is 18.2 Å². The van der Waals surface area contributed by atoms with Gasteiger partial charge in [0.1, 0.15) is 11.0 Å². The van der Waals surface area contributed by atoms with E-state index >= 15 is 0 Å². The highest BCUT2D eigenvalue weighted by molar-refractivity contribution is 6.29. The maximum atomic E-state index is 13.0. The highest BCUT2D eigenvalue weighted by Crippen LogP contribution is 2.47. The van der Waals surface area contributed by atoms with E-state index in [0.717, 1.165) is 108 Å². The molecule has 330 valence electrons. The second-order valence-electron chi connectivity index (χ2n) is 19.0. The fraction of sp³-hybridized carbons (Fsp3) is 0.510. The molecule has 0 atom stereocenters. The lowest BCUT2D eigenvalue weighted by molar-refractivity contribution is 0.0617. The predicted octanol–water partition coefficient (Wildman–Crippen LogP) is 7.16. The first-order valence-electron chi connectivity index (χ1n) is 22.4. The summed E-state index contributed by atoms with van der Waals surface area (Å²) < 4.78 is 0. The summed E-state index contributed by atoms with van der Waals surface area (Å²) in [4.78, 5) is 47.6. The van der Waals surface area contributed by atoms with E-state index in [4.69, 9.17) is 11.6 Å². The molecule has 3 aliphatic heterocycles. The van der Waals surface area contributed by atoms with Gasteiger partial charge in [-0.1, -0.05) is 72.3 Å². The van der Waals surface area contributed by atoms with Gasteiger partial charge in [0.25, 0.3) is 0 Å². The third kappa shape index (κ3) is 9.16. The van der Waals surface area contributed by atoms with Crippen molar-refractivity contribution < 1.29 is 9.59 Å². The number of carbonyl (C=O) groups excluding carboxylic acids is 2. The van der Waals surface area contributed by atoms with Crippen molar-refractivity contribution in [3.8, 4) is 0 Å². The Labute approximate surface area is 373 Å². The first-order valence-corrected chi connectivity index (χ1v) is 22.8. The van der Waals surface area contributed by atoms with Crippen molar-refractivity contribution in [2.45, 2.75) is 86.6 Å². The number of aromatic nitrogens is 2. The zero-order valence-electron chi connectivity index (χ0n) is 37.3. The first-order chi connectivity index (χ1) is 29.8. The molecule has 4 amide bonds. The molecule has 0 unspecified atom stereocenters. The van der Waals surface area contributed by atoms with Crippen LogP contribution in [0.4, 0.5) is 15.4 Å². The maximum Gasteiger partial charge on any atom is 0.318 e. The SMILES string of the molecule is CN(C)C1(c2ccccc2)CCC2(CC1)CN(Cc1ccnc(Cl)c1)C(=O)N2.CN1CCN(c2cc(CN3CC4(CCC(c5ccccc5)(N(C)C)CC4)NC3=O)ccn2)CC1. The van der Waals surface area contributed by atoms with Gasteiger partial charge in [-0.3, -0.25) is 9.80 Å². The number of nitrogens with zero attached hydrogens (tertiary/aromatic N) is 8. The zero-order valence-corrected chi connectivity index (χ0v) is 38.1. The van der Waals surface area contributed by atoms with Gasteiger partial charge < -0.3 is 30.2 Å². The largest absolute Gasteiger partial charge is 0.354 e. The molecule has 2 aromatic heterocycles. The van der Waals surface area contributed by atoms with E-state index in [1.165, 1.54) is 11.1 Å². The number of hydrogen-bond acceptors (Lipinski definition) is 8. The topological polar surface area (TPSA) is 103 Å². The molecule has 5 aliphatic rings. The van der Waals surface area contributed by atoms with Crippen molar-refractivity contribution in [2.75, 3.05) is 79.4 Å². The molecule has 0 bridgehead atoms. The number of nitrogens with one attached hydrogen (secondary N) is 2. The summed E-state index contributed by atoms with van der Waals surface area (Å²) in [6, 6.07) is 29.6. The summed E-state index contributed by atoms with van der Waals surface area (Å²) in [6.45, 7) is 6.81. The minimum absolute atomic E-state index is 0.0185. The Morgan fingerprint density at radius 2 is 1.03 bits per heavy atom. The lowest BCUT2D eigenvalue weighted by atomic mass is 9.69. The van der Waals surface area contributed by atoms with Gasteiger partial charge in [-0.2, -0.15) is 0 Å². The first kappa shape index (κ1) is 43.9. The van der Waals surface area contributed by atoms with Crippen LogP contribution in [0.3, 0.4) is 0 Å². The molecular weight excluding hydrogens is 796 g/mol. The average Bonchev–Trinajstić information content (AvgIpc) is 3.75. The Morgan fingerprint density at radius 3 is 1.47 bits per heavy atom. The molecule has 2 saturated carbocycles. The van der Waals surface area contributed by atoms with Crippen molar-refractivity contribution in [3.05, 3.63) is 125 Å². The molecule has 0 radical (unpaired) electrons. The van der Waals surface area contributed by atoms with Crippen LogP contribution >= 0.6 is 11.6 Å². The van der Waals surface area contributed by atoms with Gasteiger partial charge in [0.05, 0.1) is 11.1 Å². The lowest BCUT2D eigenvalue weighted by Gasteiger charge is -2.48. The number of anilines is 1. The van der Waals surface area contributed by atoms with Gasteiger partial charge in [-0.15, -0.1) is 0 Å². The molecule has 5 fully saturated rings. The van der Waals surface area contributed by atoms with E-state index in [9.17, 15) is 9.59 Å². The van der Waals surface area contributed by atoms with Crippen LogP contribution in [0, 0.1) is 0 Å². The normalized spacial score (nSPS) is 27.8. The summed E-state index contributed by atoms with van der Waals surface area (Å²) in [7, 11) is 10.9. The van der Waals surface area contributed by atoms with Crippen LogP contribution in [0.15, 0.2) is 97.3 Å². The van der Waals surface area contributed by atoms with Gasteiger partial charge >= 0.3 is 12.1 Å². The van der Waals surface area contributed by atoms with Crippen molar-refractivity contribution in [2.24, 2.45) is 0 Å². The molecule has 2 spiro atoms. The Kier molecular flexibility index (Phi) is 12.8. The second-order valence-corrected chi connectivity index (χ2v) is 19.4. The Hall–Kier alpha value is -4.75. The number of hydrogen-bond donors (Lipinski definition) is 2. The highest BCUT2D eigenvalue weighted by atomic mass is 35.5. The van der Waals surface area contributed by atoms with Crippen molar-refractivity contribution in [1.29, 1.82) is 0 Å². The van der Waals surface area contributed by atoms with Crippen LogP contribution < -0.4 is 15.5 Å². The zero-order chi connectivity index (χ0) is 43.5. The van der Waals surface area contributed by atoms with Crippen LogP contribution in [0.5, 0.6) is 0 Å². The second kappa shape index (κ2) is 18.2. The molecule has 12 nitrogen and oxygen atoms in total. The minimum Gasteiger partial charge on any atom is -0.354 e. The Bertz CT molecular complexity index is 2150. The van der Waals surface area contributed by atoms with Crippen LogP contribution in [0.1, 0.15) is 73.6 Å². The van der Waals surface area contributed by atoms with E-state index in [2.05, 4.69) is 142 Å². The van der Waals surface area contributed by atoms with Crippen molar-refractivity contribution >= 4 is 29.5 Å². The van der Waals surface area contributed by atoms with Crippen LogP contribution in [0.25, 0.3) is 0 Å². The van der Waals surface area contributed by atoms with Crippen molar-refractivity contribution in [1.82, 2.24) is 45.1 Å². The van der Waals surface area contributed by atoms with Gasteiger partial charge in [-0.25, -0.2) is 19.6 Å². The molecular formula is C49H65ClN10O2. The summed E-state index contributed by atoms with van der Waals surface area (Å²) >= 11 is 5.99. The third-order valence-electron chi connectivity index (χ3n) is 14.9. The number of piperazine rings is 1. The van der Waals surface area contributed by atoms with E-state index in [-0.39, 0.29) is 34.2 Å². The fourth-order valence-corrected chi connectivity index (χ4v) is 11.1. The summed E-state index contributed by atoms with van der Waals surface area (Å²) in [5, 5.41) is 7.15. The third-order valence-corrected chi connectivity index (χ3v) is 15.1. The Morgan fingerprint density at radius 1 is 0.597 bits per heavy atom. The standard InChI is InChI=1S/C27H38N6O.C22H27ClN4O/c1-30(2)27(23-7-5-4-6-8-23)12-10-26(11-13-27)21-33(25(34)29-26)20-22-9-14-28-24(19-22)32-17-15-31(3)16-18-32;1-26(2)22(18-6-4-3-5-7-18)11-9-21(10-12-22)16-27(20(28)25-21)15-17-8-13-24-19(23)14-17/h4-9,14,19H,10-13,15-18,20-21H2,1-3H3,(H,29,34);3-8,13-14H,9-12,15-16H2,1-2H3,(H,25,28). The average molecular weight is 862 g/mol. The van der Waals surface area contributed by atoms with Gasteiger partial charge in [0, 0.05) is 75.8 Å². The van der Waals surface area contributed by atoms with Crippen LogP contribution in [-0.2, 0) is 24.2 Å². The molecule has 4 aromatic rings. The summed E-state index contributed by atoms with van der Waals surface area (Å²) in [6.07, 6.45) is 11.6.